The van der Waals surface area contributed by atoms with E-state index < -0.39 is 53.7 Å². The Balaban J connectivity index is 1.43. The Bertz CT molecular complexity index is 1390. The Morgan fingerprint density at radius 3 is 2.00 bits per heavy atom. The van der Waals surface area contributed by atoms with Crippen LogP contribution in [0.25, 0.3) is 0 Å². The lowest BCUT2D eigenvalue weighted by Gasteiger charge is -2.61. The topological polar surface area (TPSA) is 122 Å². The van der Waals surface area contributed by atoms with Gasteiger partial charge in [0.1, 0.15) is 24.1 Å². The van der Waals surface area contributed by atoms with Crippen molar-refractivity contribution in [2.45, 2.75) is 118 Å². The minimum atomic E-state index is -0.802. The van der Waals surface area contributed by atoms with Crippen LogP contribution < -0.4 is 0 Å². The van der Waals surface area contributed by atoms with Crippen molar-refractivity contribution in [1.29, 1.82) is 0 Å². The van der Waals surface area contributed by atoms with Crippen molar-refractivity contribution in [1.82, 2.24) is 0 Å². The van der Waals surface area contributed by atoms with E-state index in [1.54, 1.807) is 24.3 Å². The molecular weight excluding hydrogens is 624 g/mol. The number of rotatable bonds is 8. The highest BCUT2D eigenvalue weighted by Gasteiger charge is 2.65. The Labute approximate surface area is 282 Å². The minimum absolute atomic E-state index is 0.131. The maximum absolute atomic E-state index is 14.0. The summed E-state index contributed by atoms with van der Waals surface area (Å²) in [5.41, 5.74) is 0.180. The van der Waals surface area contributed by atoms with Gasteiger partial charge in [0, 0.05) is 51.0 Å². The van der Waals surface area contributed by atoms with Gasteiger partial charge in [-0.15, -0.1) is 0 Å². The summed E-state index contributed by atoms with van der Waals surface area (Å²) in [6.45, 7) is 12.0. The van der Waals surface area contributed by atoms with Crippen molar-refractivity contribution in [3.05, 3.63) is 34.9 Å². The molecule has 12 atom stereocenters. The van der Waals surface area contributed by atoms with Gasteiger partial charge in [-0.25, -0.2) is 0 Å². The molecule has 0 bridgehead atoms. The predicted octanol–water partition coefficient (Wildman–Crippen LogP) is 6.82. The molecular formula is C37H49ClO9. The van der Waals surface area contributed by atoms with E-state index in [0.717, 1.165) is 25.7 Å². The molecule has 4 fully saturated rings. The molecule has 1 aromatic carbocycles. The van der Waals surface area contributed by atoms with Crippen molar-refractivity contribution >= 4 is 41.3 Å². The highest BCUT2D eigenvalue weighted by molar-refractivity contribution is 6.30. The fourth-order valence-electron chi connectivity index (χ4n) is 10.6. The lowest BCUT2D eigenvalue weighted by atomic mass is 9.43. The third kappa shape index (κ3) is 6.83. The number of esters is 4. The van der Waals surface area contributed by atoms with Crippen molar-refractivity contribution in [3.63, 3.8) is 0 Å². The third-order valence-corrected chi connectivity index (χ3v) is 12.6. The highest BCUT2D eigenvalue weighted by atomic mass is 35.5. The molecule has 10 heteroatoms. The van der Waals surface area contributed by atoms with Crippen LogP contribution in [0.3, 0.4) is 0 Å². The molecule has 4 aliphatic carbocycles. The van der Waals surface area contributed by atoms with Crippen LogP contribution in [0.1, 0.15) is 105 Å². The largest absolute Gasteiger partial charge is 0.459 e. The van der Waals surface area contributed by atoms with Crippen LogP contribution in [0.5, 0.6) is 0 Å². The van der Waals surface area contributed by atoms with Gasteiger partial charge < -0.3 is 18.9 Å². The molecule has 0 aromatic heterocycles. The van der Waals surface area contributed by atoms with E-state index >= 15 is 0 Å². The summed E-state index contributed by atoms with van der Waals surface area (Å²) in [6, 6.07) is 7.06. The van der Waals surface area contributed by atoms with Gasteiger partial charge in [0.05, 0.1) is 0 Å². The fourth-order valence-corrected chi connectivity index (χ4v) is 10.8. The van der Waals surface area contributed by atoms with E-state index in [1.165, 1.54) is 27.7 Å². The molecule has 4 saturated carbocycles. The van der Waals surface area contributed by atoms with Gasteiger partial charge >= 0.3 is 23.9 Å². The zero-order valence-corrected chi connectivity index (χ0v) is 29.3. The quantitative estimate of drug-likeness (QED) is 0.216. The summed E-state index contributed by atoms with van der Waals surface area (Å²) in [4.78, 5) is 62.8. The van der Waals surface area contributed by atoms with Crippen molar-refractivity contribution in [2.75, 3.05) is 0 Å². The van der Waals surface area contributed by atoms with Gasteiger partial charge in [0.15, 0.2) is 6.10 Å². The Morgan fingerprint density at radius 1 is 0.809 bits per heavy atom. The van der Waals surface area contributed by atoms with E-state index in [2.05, 4.69) is 20.8 Å². The molecule has 47 heavy (non-hydrogen) atoms. The number of ketones is 1. The number of ether oxygens (including phenoxy) is 4. The monoisotopic (exact) mass is 672 g/mol. The summed E-state index contributed by atoms with van der Waals surface area (Å²) in [7, 11) is 0. The second kappa shape index (κ2) is 13.5. The third-order valence-electron chi connectivity index (χ3n) is 12.4. The second-order valence-corrected chi connectivity index (χ2v) is 15.5. The van der Waals surface area contributed by atoms with Gasteiger partial charge in [0.2, 0.25) is 0 Å². The molecule has 0 unspecified atom stereocenters. The van der Waals surface area contributed by atoms with Crippen LogP contribution in [0.15, 0.2) is 24.3 Å². The number of Topliss-reactive ketones (excluding diaryl/α,β-unsaturated/α-hetero) is 1. The fraction of sp³-hybridized carbons (Fsp3) is 0.703. The lowest BCUT2D eigenvalue weighted by Crippen LogP contribution is -2.60. The average Bonchev–Trinajstić information content (AvgIpc) is 3.32. The highest BCUT2D eigenvalue weighted by Crippen LogP contribution is 2.68. The van der Waals surface area contributed by atoms with E-state index in [1.807, 2.05) is 0 Å². The molecule has 0 saturated heterocycles. The van der Waals surface area contributed by atoms with Crippen LogP contribution in [0.2, 0.25) is 5.02 Å². The van der Waals surface area contributed by atoms with Crippen LogP contribution >= 0.6 is 11.6 Å². The predicted molar refractivity (Wildman–Crippen MR) is 173 cm³/mol. The number of hydrogen-bond donors (Lipinski definition) is 0. The SMILES string of the molecule is CC(=O)O[C@H]([C@@H](C)[C@H]1CC[C@H]2[C@@H]3CC(=O)[C@H]4C[C@H](OC(C)=O)[C@H](OC(C)=O)C[C@]4(C)[C@H]3CC[C@]12C)[C@H](OC(C)=O)c1ccc(Cl)cc1. The molecule has 0 radical (unpaired) electrons. The van der Waals surface area contributed by atoms with Crippen LogP contribution in [-0.2, 0) is 42.9 Å². The lowest BCUT2D eigenvalue weighted by molar-refractivity contribution is -0.196. The van der Waals surface area contributed by atoms with E-state index in [9.17, 15) is 24.0 Å². The van der Waals surface area contributed by atoms with E-state index in [-0.39, 0.29) is 46.7 Å². The van der Waals surface area contributed by atoms with Gasteiger partial charge in [-0.2, -0.15) is 0 Å². The average molecular weight is 673 g/mol. The molecule has 0 heterocycles. The molecule has 0 amide bonds. The molecule has 0 N–H and O–H groups in total. The van der Waals surface area contributed by atoms with Crippen molar-refractivity contribution < 1.29 is 42.9 Å². The molecule has 0 aliphatic heterocycles. The normalized spacial score (nSPS) is 36.4. The number of carbonyl (C=O) groups is 5. The van der Waals surface area contributed by atoms with Crippen LogP contribution in [0, 0.1) is 46.3 Å². The summed E-state index contributed by atoms with van der Waals surface area (Å²) in [6.07, 6.45) is 2.26. The number of carbonyl (C=O) groups excluding carboxylic acids is 5. The Morgan fingerprint density at radius 2 is 1.40 bits per heavy atom. The molecule has 9 nitrogen and oxygen atoms in total. The minimum Gasteiger partial charge on any atom is -0.459 e. The first-order valence-electron chi connectivity index (χ1n) is 17.0. The molecule has 0 spiro atoms. The summed E-state index contributed by atoms with van der Waals surface area (Å²) in [5.74, 6) is -1.17. The summed E-state index contributed by atoms with van der Waals surface area (Å²) in [5, 5.41) is 0.548. The first-order chi connectivity index (χ1) is 22.0. The number of hydrogen-bond acceptors (Lipinski definition) is 9. The van der Waals surface area contributed by atoms with Gasteiger partial charge in [-0.3, -0.25) is 24.0 Å². The first-order valence-corrected chi connectivity index (χ1v) is 17.4. The zero-order valence-electron chi connectivity index (χ0n) is 28.6. The Hall–Kier alpha value is -2.94. The molecule has 1 aromatic rings. The van der Waals surface area contributed by atoms with Crippen molar-refractivity contribution in [2.24, 2.45) is 46.3 Å². The molecule has 258 valence electrons. The summed E-state index contributed by atoms with van der Waals surface area (Å²) >= 11 is 6.16. The maximum Gasteiger partial charge on any atom is 0.303 e. The number of benzene rings is 1. The number of fused-ring (bicyclic) bond motifs is 5. The van der Waals surface area contributed by atoms with E-state index in [4.69, 9.17) is 30.5 Å². The first kappa shape index (κ1) is 35.4. The van der Waals surface area contributed by atoms with E-state index in [0.29, 0.717) is 29.8 Å². The standard InChI is InChI=1S/C37H49ClO9/c1-19(34(46-22(4)41)35(47-23(5)42)24-8-10-25(38)11-9-24)27-12-13-28-26-16-31(43)30-17-32(44-20(2)39)33(45-21(3)40)18-37(30,7)29(26)14-15-36(27,28)6/h8-11,19,26-30,32-35H,12-18H2,1-7H3/t19-,26-,27+,28-,29-,30+,32-,33+,34+,35+,36+,37+/m0/s1. The van der Waals surface area contributed by atoms with Crippen LogP contribution in [-0.4, -0.2) is 48.0 Å². The smallest absolute Gasteiger partial charge is 0.303 e. The molecule has 4 aliphatic rings. The van der Waals surface area contributed by atoms with Gasteiger partial charge in [-0.1, -0.05) is 44.5 Å². The Kier molecular flexibility index (Phi) is 10.2. The maximum atomic E-state index is 14.0. The second-order valence-electron chi connectivity index (χ2n) is 15.1. The zero-order chi connectivity index (χ0) is 34.4. The van der Waals surface area contributed by atoms with Crippen molar-refractivity contribution in [3.8, 4) is 0 Å². The summed E-state index contributed by atoms with van der Waals surface area (Å²) < 4.78 is 23.2. The van der Waals surface area contributed by atoms with Gasteiger partial charge in [0.25, 0.3) is 0 Å². The molecule has 5 rings (SSSR count). The van der Waals surface area contributed by atoms with Crippen LogP contribution in [0.4, 0.5) is 0 Å². The van der Waals surface area contributed by atoms with Gasteiger partial charge in [-0.05, 0) is 90.7 Å². The number of halogens is 1.